The van der Waals surface area contributed by atoms with E-state index in [1.165, 1.54) is 0 Å². The van der Waals surface area contributed by atoms with Gasteiger partial charge in [-0.1, -0.05) is 13.8 Å². The molecule has 0 aromatic heterocycles. The van der Waals surface area contributed by atoms with Gasteiger partial charge in [-0.25, -0.2) is 0 Å². The summed E-state index contributed by atoms with van der Waals surface area (Å²) in [5.41, 5.74) is 0. The first kappa shape index (κ1) is 19.2. The van der Waals surface area contributed by atoms with Crippen molar-refractivity contribution in [1.82, 2.24) is 14.7 Å². The summed E-state index contributed by atoms with van der Waals surface area (Å²) in [7, 11) is 0. The standard InChI is InChI=1S/C18H33N3O3/c1-3-19(4-2)9-8-17(22)20-10-12-21(13-11-20)18(23)15-16-7-5-6-14-24-16/h16H,3-15H2,1-2H3. The molecular formula is C18H33N3O3. The van der Waals surface area contributed by atoms with Crippen LogP contribution in [0, 0.1) is 0 Å². The van der Waals surface area contributed by atoms with Gasteiger partial charge in [-0.3, -0.25) is 9.59 Å². The molecule has 0 aromatic rings. The summed E-state index contributed by atoms with van der Waals surface area (Å²) in [4.78, 5) is 30.7. The van der Waals surface area contributed by atoms with Crippen LogP contribution in [0.2, 0.25) is 0 Å². The number of hydrogen-bond donors (Lipinski definition) is 0. The molecule has 6 heteroatoms. The molecule has 0 aliphatic carbocycles. The minimum atomic E-state index is 0.0972. The third kappa shape index (κ3) is 5.74. The largest absolute Gasteiger partial charge is 0.378 e. The van der Waals surface area contributed by atoms with Gasteiger partial charge in [0.25, 0.3) is 0 Å². The maximum atomic E-state index is 12.4. The third-order valence-corrected chi connectivity index (χ3v) is 5.20. The highest BCUT2D eigenvalue weighted by Crippen LogP contribution is 2.17. The predicted molar refractivity (Wildman–Crippen MR) is 93.8 cm³/mol. The first-order chi connectivity index (χ1) is 11.6. The van der Waals surface area contributed by atoms with Gasteiger partial charge in [-0.15, -0.1) is 0 Å². The highest BCUT2D eigenvalue weighted by atomic mass is 16.5. The first-order valence-corrected chi connectivity index (χ1v) is 9.53. The average molecular weight is 339 g/mol. The van der Waals surface area contributed by atoms with Crippen LogP contribution in [0.15, 0.2) is 0 Å². The molecular weight excluding hydrogens is 306 g/mol. The van der Waals surface area contributed by atoms with Crippen LogP contribution >= 0.6 is 0 Å². The van der Waals surface area contributed by atoms with Crippen LogP contribution in [0.4, 0.5) is 0 Å². The Morgan fingerprint density at radius 3 is 2.17 bits per heavy atom. The van der Waals surface area contributed by atoms with Crippen molar-refractivity contribution < 1.29 is 14.3 Å². The van der Waals surface area contributed by atoms with Gasteiger partial charge < -0.3 is 19.4 Å². The summed E-state index contributed by atoms with van der Waals surface area (Å²) in [6.45, 7) is 10.4. The smallest absolute Gasteiger partial charge is 0.225 e. The van der Waals surface area contributed by atoms with E-state index in [9.17, 15) is 9.59 Å². The van der Waals surface area contributed by atoms with Gasteiger partial charge in [0, 0.05) is 45.8 Å². The Morgan fingerprint density at radius 1 is 1.00 bits per heavy atom. The number of carbonyl (C=O) groups is 2. The van der Waals surface area contributed by atoms with E-state index in [4.69, 9.17) is 4.74 Å². The molecule has 2 aliphatic rings. The SMILES string of the molecule is CCN(CC)CCC(=O)N1CCN(C(=O)CC2CCCCO2)CC1. The first-order valence-electron chi connectivity index (χ1n) is 9.53. The van der Waals surface area contributed by atoms with Crippen molar-refractivity contribution in [1.29, 1.82) is 0 Å². The van der Waals surface area contributed by atoms with Crippen molar-refractivity contribution in [2.75, 3.05) is 52.4 Å². The highest BCUT2D eigenvalue weighted by Gasteiger charge is 2.26. The quantitative estimate of drug-likeness (QED) is 0.703. The number of rotatable bonds is 7. The van der Waals surface area contributed by atoms with Crippen molar-refractivity contribution >= 4 is 11.8 Å². The molecule has 0 aromatic carbocycles. The molecule has 2 saturated heterocycles. The lowest BCUT2D eigenvalue weighted by molar-refractivity contribution is -0.142. The summed E-state index contributed by atoms with van der Waals surface area (Å²) >= 11 is 0. The number of nitrogens with zero attached hydrogens (tertiary/aromatic N) is 3. The lowest BCUT2D eigenvalue weighted by Crippen LogP contribution is -2.51. The Hall–Kier alpha value is -1.14. The molecule has 24 heavy (non-hydrogen) atoms. The number of carbonyl (C=O) groups excluding carboxylic acids is 2. The summed E-state index contributed by atoms with van der Waals surface area (Å²) in [5.74, 6) is 0.391. The zero-order chi connectivity index (χ0) is 17.4. The van der Waals surface area contributed by atoms with Crippen LogP contribution in [0.5, 0.6) is 0 Å². The van der Waals surface area contributed by atoms with Gasteiger partial charge in [0.2, 0.25) is 11.8 Å². The molecule has 6 nitrogen and oxygen atoms in total. The van der Waals surface area contributed by atoms with Crippen molar-refractivity contribution in [2.45, 2.75) is 52.1 Å². The molecule has 2 amide bonds. The number of piperazine rings is 1. The molecule has 138 valence electrons. The molecule has 2 rings (SSSR count). The van der Waals surface area contributed by atoms with E-state index in [-0.39, 0.29) is 17.9 Å². The zero-order valence-corrected chi connectivity index (χ0v) is 15.3. The molecule has 2 fully saturated rings. The van der Waals surface area contributed by atoms with Gasteiger partial charge in [0.1, 0.15) is 0 Å². The zero-order valence-electron chi connectivity index (χ0n) is 15.3. The fraction of sp³-hybridized carbons (Fsp3) is 0.889. The second kappa shape index (κ2) is 9.99. The van der Waals surface area contributed by atoms with Crippen LogP contribution in [-0.4, -0.2) is 85.0 Å². The van der Waals surface area contributed by atoms with E-state index >= 15 is 0 Å². The fourth-order valence-electron chi connectivity index (χ4n) is 3.45. The molecule has 0 bridgehead atoms. The Kier molecular flexibility index (Phi) is 7.99. The molecule has 2 heterocycles. The Bertz CT molecular complexity index is 398. The minimum absolute atomic E-state index is 0.0972. The maximum Gasteiger partial charge on any atom is 0.225 e. The molecule has 0 spiro atoms. The number of hydrogen-bond acceptors (Lipinski definition) is 4. The summed E-state index contributed by atoms with van der Waals surface area (Å²) in [6, 6.07) is 0. The monoisotopic (exact) mass is 339 g/mol. The van der Waals surface area contributed by atoms with E-state index in [1.54, 1.807) is 0 Å². The third-order valence-electron chi connectivity index (χ3n) is 5.20. The topological polar surface area (TPSA) is 53.1 Å². The van der Waals surface area contributed by atoms with Crippen LogP contribution in [-0.2, 0) is 14.3 Å². The fourth-order valence-corrected chi connectivity index (χ4v) is 3.45. The highest BCUT2D eigenvalue weighted by molar-refractivity contribution is 5.78. The predicted octanol–water partition coefficient (Wildman–Crippen LogP) is 1.35. The minimum Gasteiger partial charge on any atom is -0.378 e. The van der Waals surface area contributed by atoms with E-state index in [0.29, 0.717) is 39.0 Å². The van der Waals surface area contributed by atoms with Crippen molar-refractivity contribution in [3.05, 3.63) is 0 Å². The van der Waals surface area contributed by atoms with Gasteiger partial charge in [0.15, 0.2) is 0 Å². The Balaban J connectivity index is 1.68. The van der Waals surface area contributed by atoms with E-state index in [2.05, 4.69) is 18.7 Å². The maximum absolute atomic E-state index is 12.4. The summed E-state index contributed by atoms with van der Waals surface area (Å²) < 4.78 is 5.66. The molecule has 0 N–H and O–H groups in total. The van der Waals surface area contributed by atoms with Gasteiger partial charge in [0.05, 0.1) is 12.5 Å². The van der Waals surface area contributed by atoms with Gasteiger partial charge in [-0.05, 0) is 32.4 Å². The molecule has 0 radical (unpaired) electrons. The van der Waals surface area contributed by atoms with Crippen LogP contribution in [0.25, 0.3) is 0 Å². The van der Waals surface area contributed by atoms with Crippen LogP contribution < -0.4 is 0 Å². The summed E-state index contributed by atoms with van der Waals surface area (Å²) in [6.07, 6.45) is 4.43. The van der Waals surface area contributed by atoms with Crippen molar-refractivity contribution in [2.24, 2.45) is 0 Å². The second-order valence-corrected chi connectivity index (χ2v) is 6.73. The number of amides is 2. The number of ether oxygens (including phenoxy) is 1. The Labute approximate surface area is 146 Å². The van der Waals surface area contributed by atoms with E-state index in [1.807, 2.05) is 9.80 Å². The molecule has 1 unspecified atom stereocenters. The molecule has 1 atom stereocenters. The van der Waals surface area contributed by atoms with Crippen molar-refractivity contribution in [3.8, 4) is 0 Å². The van der Waals surface area contributed by atoms with Gasteiger partial charge in [-0.2, -0.15) is 0 Å². The summed E-state index contributed by atoms with van der Waals surface area (Å²) in [5, 5.41) is 0. The lowest BCUT2D eigenvalue weighted by Gasteiger charge is -2.36. The van der Waals surface area contributed by atoms with E-state index in [0.717, 1.165) is 45.5 Å². The Morgan fingerprint density at radius 2 is 1.62 bits per heavy atom. The van der Waals surface area contributed by atoms with Crippen LogP contribution in [0.3, 0.4) is 0 Å². The molecule has 0 saturated carbocycles. The van der Waals surface area contributed by atoms with Crippen molar-refractivity contribution in [3.63, 3.8) is 0 Å². The second-order valence-electron chi connectivity index (χ2n) is 6.73. The average Bonchev–Trinajstić information content (AvgIpc) is 2.63. The normalized spacial score (nSPS) is 22.0. The van der Waals surface area contributed by atoms with E-state index < -0.39 is 0 Å². The molecule has 2 aliphatic heterocycles. The lowest BCUT2D eigenvalue weighted by atomic mass is 10.1. The van der Waals surface area contributed by atoms with Gasteiger partial charge >= 0.3 is 0 Å². The van der Waals surface area contributed by atoms with Crippen LogP contribution in [0.1, 0.15) is 46.0 Å².